The molecule has 5 rings (SSSR count). The molecule has 2 unspecified atom stereocenters. The Morgan fingerprint density at radius 1 is 0.692 bits per heavy atom. The van der Waals surface area contributed by atoms with Gasteiger partial charge in [-0.25, -0.2) is 9.97 Å². The molecule has 0 saturated carbocycles. The summed E-state index contributed by atoms with van der Waals surface area (Å²) in [7, 11) is 0. The van der Waals surface area contributed by atoms with Gasteiger partial charge in [-0.05, 0) is 37.1 Å². The van der Waals surface area contributed by atoms with Gasteiger partial charge in [0.1, 0.15) is 0 Å². The second-order valence-corrected chi connectivity index (χ2v) is 6.86. The number of hydrogen-bond donors (Lipinski definition) is 2. The monoisotopic (exact) mass is 348 g/mol. The largest absolute Gasteiger partial charge is 0.390 e. The average Bonchev–Trinajstić information content (AvgIpc) is 3.21. The van der Waals surface area contributed by atoms with E-state index in [2.05, 4.69) is 9.13 Å². The van der Waals surface area contributed by atoms with Gasteiger partial charge in [-0.2, -0.15) is 0 Å². The lowest BCUT2D eigenvalue weighted by atomic mass is 10.1. The van der Waals surface area contributed by atoms with Crippen molar-refractivity contribution >= 4 is 22.1 Å². The number of aliphatic hydroxyl groups is 2. The maximum absolute atomic E-state index is 10.3. The fraction of sp³-hybridized carbons (Fsp3) is 0.300. The highest BCUT2D eigenvalue weighted by atomic mass is 16.3. The number of imidazole rings is 2. The molecule has 0 bridgehead atoms. The SMILES string of the molecule is OC1CCn2c(nc3ccccc32)-c2nc3ccccc3n2CCC1O. The Morgan fingerprint density at radius 3 is 1.58 bits per heavy atom. The molecule has 2 aromatic heterocycles. The van der Waals surface area contributed by atoms with Gasteiger partial charge in [-0.15, -0.1) is 0 Å². The maximum atomic E-state index is 10.3. The molecule has 2 atom stereocenters. The summed E-state index contributed by atoms with van der Waals surface area (Å²) >= 11 is 0. The van der Waals surface area contributed by atoms with Crippen molar-refractivity contribution in [1.29, 1.82) is 0 Å². The highest BCUT2D eigenvalue weighted by Crippen LogP contribution is 2.29. The minimum Gasteiger partial charge on any atom is -0.390 e. The second kappa shape index (κ2) is 5.93. The molecule has 3 heterocycles. The average molecular weight is 348 g/mol. The van der Waals surface area contributed by atoms with Crippen LogP contribution in [0, 0.1) is 0 Å². The first-order chi connectivity index (χ1) is 12.7. The zero-order valence-corrected chi connectivity index (χ0v) is 14.3. The van der Waals surface area contributed by atoms with E-state index in [0.29, 0.717) is 25.9 Å². The topological polar surface area (TPSA) is 76.1 Å². The molecule has 2 N–H and O–H groups in total. The van der Waals surface area contributed by atoms with Crippen molar-refractivity contribution < 1.29 is 10.2 Å². The first-order valence-electron chi connectivity index (χ1n) is 8.99. The van der Waals surface area contributed by atoms with Gasteiger partial charge in [0, 0.05) is 13.1 Å². The van der Waals surface area contributed by atoms with E-state index in [1.54, 1.807) is 0 Å². The van der Waals surface area contributed by atoms with E-state index in [0.717, 1.165) is 33.7 Å². The number of aryl methyl sites for hydroxylation is 2. The van der Waals surface area contributed by atoms with E-state index in [4.69, 9.17) is 9.97 Å². The number of para-hydroxylation sites is 4. The van der Waals surface area contributed by atoms with Crippen LogP contribution in [0.5, 0.6) is 0 Å². The third kappa shape index (κ3) is 2.34. The van der Waals surface area contributed by atoms with Gasteiger partial charge in [0.2, 0.25) is 0 Å². The fourth-order valence-electron chi connectivity index (χ4n) is 3.85. The van der Waals surface area contributed by atoms with E-state index in [1.165, 1.54) is 0 Å². The van der Waals surface area contributed by atoms with Crippen molar-refractivity contribution in [3.05, 3.63) is 48.5 Å². The lowest BCUT2D eigenvalue weighted by Gasteiger charge is -2.21. The maximum Gasteiger partial charge on any atom is 0.177 e. The van der Waals surface area contributed by atoms with Gasteiger partial charge in [-0.1, -0.05) is 24.3 Å². The van der Waals surface area contributed by atoms with E-state index in [1.807, 2.05) is 48.5 Å². The van der Waals surface area contributed by atoms with Gasteiger partial charge in [-0.3, -0.25) is 0 Å². The van der Waals surface area contributed by atoms with E-state index >= 15 is 0 Å². The Balaban J connectivity index is 1.81. The van der Waals surface area contributed by atoms with Crippen LogP contribution >= 0.6 is 0 Å². The summed E-state index contributed by atoms with van der Waals surface area (Å²) in [5.74, 6) is 1.62. The smallest absolute Gasteiger partial charge is 0.177 e. The molecule has 132 valence electrons. The molecule has 4 aromatic rings. The molecule has 2 aromatic carbocycles. The van der Waals surface area contributed by atoms with Crippen LogP contribution in [0.4, 0.5) is 0 Å². The summed E-state index contributed by atoms with van der Waals surface area (Å²) < 4.78 is 4.21. The van der Waals surface area contributed by atoms with Crippen molar-refractivity contribution in [1.82, 2.24) is 19.1 Å². The summed E-state index contributed by atoms with van der Waals surface area (Å²) in [6, 6.07) is 16.0. The number of aliphatic hydroxyl groups excluding tert-OH is 2. The molecular formula is C20H20N4O2. The first kappa shape index (κ1) is 15.5. The van der Waals surface area contributed by atoms with Crippen molar-refractivity contribution in [2.24, 2.45) is 0 Å². The number of hydrogen-bond acceptors (Lipinski definition) is 4. The number of benzene rings is 2. The molecule has 26 heavy (non-hydrogen) atoms. The van der Waals surface area contributed by atoms with Gasteiger partial charge in [0.15, 0.2) is 11.6 Å². The molecule has 0 radical (unpaired) electrons. The molecule has 6 heteroatoms. The molecule has 0 spiro atoms. The summed E-state index contributed by atoms with van der Waals surface area (Å²) in [6.45, 7) is 1.16. The van der Waals surface area contributed by atoms with Crippen molar-refractivity contribution in [3.8, 4) is 11.6 Å². The van der Waals surface area contributed by atoms with Crippen molar-refractivity contribution in [2.45, 2.75) is 38.1 Å². The van der Waals surface area contributed by atoms with Crippen LogP contribution < -0.4 is 0 Å². The zero-order valence-electron chi connectivity index (χ0n) is 14.3. The van der Waals surface area contributed by atoms with Crippen LogP contribution in [0.25, 0.3) is 33.7 Å². The molecule has 0 fully saturated rings. The Bertz CT molecular complexity index is 1010. The normalized spacial score (nSPS) is 20.8. The molecule has 1 aliphatic rings. The van der Waals surface area contributed by atoms with E-state index in [-0.39, 0.29) is 0 Å². The molecule has 1 aliphatic heterocycles. The minimum absolute atomic E-state index is 0.481. The number of rotatable bonds is 0. The highest BCUT2D eigenvalue weighted by molar-refractivity contribution is 5.83. The summed E-state index contributed by atoms with van der Waals surface area (Å²) in [4.78, 5) is 9.69. The third-order valence-electron chi connectivity index (χ3n) is 5.25. The minimum atomic E-state index is -0.750. The Labute approximate surface area is 150 Å². The van der Waals surface area contributed by atoms with E-state index < -0.39 is 12.2 Å². The Kier molecular flexibility index (Phi) is 3.55. The third-order valence-corrected chi connectivity index (χ3v) is 5.25. The number of fused-ring (bicyclic) bond motifs is 7. The van der Waals surface area contributed by atoms with Crippen LogP contribution in [-0.2, 0) is 13.1 Å². The number of aromatic nitrogens is 4. The second-order valence-electron chi connectivity index (χ2n) is 6.86. The zero-order chi connectivity index (χ0) is 17.7. The lowest BCUT2D eigenvalue weighted by molar-refractivity contribution is 0.00533. The standard InChI is InChI=1S/C20H20N4O2/c25-17-9-11-23-15-7-3-1-5-13(15)21-19(23)20-22-14-6-2-4-8-16(14)24(20)12-10-18(17)26/h1-8,17-18,25-26H,9-12H2. The summed E-state index contributed by atoms with van der Waals surface area (Å²) in [5.41, 5.74) is 3.86. The summed E-state index contributed by atoms with van der Waals surface area (Å²) in [5, 5.41) is 20.7. The van der Waals surface area contributed by atoms with Crippen LogP contribution in [0.2, 0.25) is 0 Å². The van der Waals surface area contributed by atoms with Crippen molar-refractivity contribution in [3.63, 3.8) is 0 Å². The van der Waals surface area contributed by atoms with Crippen LogP contribution in [0.15, 0.2) is 48.5 Å². The van der Waals surface area contributed by atoms with Crippen LogP contribution in [0.3, 0.4) is 0 Å². The van der Waals surface area contributed by atoms with Gasteiger partial charge in [0.05, 0.1) is 34.3 Å². The van der Waals surface area contributed by atoms with E-state index in [9.17, 15) is 10.2 Å². The summed E-state index contributed by atoms with van der Waals surface area (Å²) in [6.07, 6.45) is -0.538. The van der Waals surface area contributed by atoms with Gasteiger partial charge < -0.3 is 19.3 Å². The predicted octanol–water partition coefficient (Wildman–Crippen LogP) is 2.57. The fourth-order valence-corrected chi connectivity index (χ4v) is 3.85. The Morgan fingerprint density at radius 2 is 1.12 bits per heavy atom. The predicted molar refractivity (Wildman–Crippen MR) is 99.7 cm³/mol. The quantitative estimate of drug-likeness (QED) is 0.512. The van der Waals surface area contributed by atoms with Crippen LogP contribution in [-0.4, -0.2) is 41.5 Å². The molecule has 0 saturated heterocycles. The van der Waals surface area contributed by atoms with Gasteiger partial charge in [0.25, 0.3) is 0 Å². The molecule has 6 nitrogen and oxygen atoms in total. The van der Waals surface area contributed by atoms with Gasteiger partial charge >= 0.3 is 0 Å². The highest BCUT2D eigenvalue weighted by Gasteiger charge is 2.24. The number of nitrogens with zero attached hydrogens (tertiary/aromatic N) is 4. The van der Waals surface area contributed by atoms with Crippen LogP contribution in [0.1, 0.15) is 12.8 Å². The Hall–Kier alpha value is -2.70. The lowest BCUT2D eigenvalue weighted by Crippen LogP contribution is -2.29. The van der Waals surface area contributed by atoms with Crippen molar-refractivity contribution in [2.75, 3.05) is 0 Å². The molecular weight excluding hydrogens is 328 g/mol. The molecule has 0 aliphatic carbocycles. The first-order valence-corrected chi connectivity index (χ1v) is 8.99. The molecule has 0 amide bonds.